The van der Waals surface area contributed by atoms with Gasteiger partial charge in [-0.2, -0.15) is 0 Å². The van der Waals surface area contributed by atoms with E-state index in [1.54, 1.807) is 29.4 Å². The van der Waals surface area contributed by atoms with Gasteiger partial charge in [0.1, 0.15) is 12.0 Å². The van der Waals surface area contributed by atoms with Gasteiger partial charge in [-0.15, -0.1) is 0 Å². The fourth-order valence-electron chi connectivity index (χ4n) is 4.39. The van der Waals surface area contributed by atoms with Crippen LogP contribution in [-0.2, 0) is 21.1 Å². The number of carbonyl (C=O) groups excluding carboxylic acids is 1. The monoisotopic (exact) mass is 509 g/mol. The number of benzene rings is 2. The number of hydrogen-bond donors (Lipinski definition) is 0. The molecule has 0 atom stereocenters. The van der Waals surface area contributed by atoms with Crippen molar-refractivity contribution < 1.29 is 17.9 Å². The Hall–Kier alpha value is -3.12. The first kappa shape index (κ1) is 29.1. The number of ether oxygens (including phenoxy) is 1. The SMILES string of the molecule is C=COc1ccc(Cc2cc(N(C=C)C=C)ccc2S(=O)(=O)CC(C=O)(CCCC)CCCC)cc1. The Morgan fingerprint density at radius 1 is 0.944 bits per heavy atom. The number of anilines is 1. The number of nitrogens with zero attached hydrogens (tertiary/aromatic N) is 1. The van der Waals surface area contributed by atoms with Crippen LogP contribution in [0, 0.1) is 5.41 Å². The van der Waals surface area contributed by atoms with Crippen molar-refractivity contribution in [2.24, 2.45) is 5.41 Å². The molecule has 0 amide bonds. The van der Waals surface area contributed by atoms with Gasteiger partial charge in [0.05, 0.1) is 16.9 Å². The number of aldehydes is 1. The van der Waals surface area contributed by atoms with Gasteiger partial charge in [-0.1, -0.05) is 71.4 Å². The minimum Gasteiger partial charge on any atom is -0.466 e. The number of hydrogen-bond acceptors (Lipinski definition) is 5. The Bertz CT molecular complexity index is 1120. The molecule has 0 bridgehead atoms. The van der Waals surface area contributed by atoms with Gasteiger partial charge in [0.2, 0.25) is 0 Å². The summed E-state index contributed by atoms with van der Waals surface area (Å²) >= 11 is 0. The minimum absolute atomic E-state index is 0.186. The van der Waals surface area contributed by atoms with Crippen molar-refractivity contribution in [3.05, 3.63) is 92.0 Å². The Morgan fingerprint density at radius 2 is 1.56 bits per heavy atom. The molecule has 2 rings (SSSR count). The molecule has 0 aliphatic heterocycles. The molecule has 0 fully saturated rings. The first-order valence-electron chi connectivity index (χ1n) is 12.5. The van der Waals surface area contributed by atoms with Gasteiger partial charge in [-0.3, -0.25) is 0 Å². The van der Waals surface area contributed by atoms with Crippen LogP contribution in [0.5, 0.6) is 5.75 Å². The molecule has 194 valence electrons. The maximum absolute atomic E-state index is 13.9. The van der Waals surface area contributed by atoms with Gasteiger partial charge in [-0.05, 0) is 60.7 Å². The van der Waals surface area contributed by atoms with E-state index in [1.807, 2.05) is 30.3 Å². The fraction of sp³-hybridized carbons (Fsp3) is 0.367. The fourth-order valence-corrected chi connectivity index (χ4v) is 6.47. The maximum Gasteiger partial charge on any atom is 0.179 e. The van der Waals surface area contributed by atoms with Gasteiger partial charge < -0.3 is 14.4 Å². The van der Waals surface area contributed by atoms with Crippen LogP contribution in [0.25, 0.3) is 0 Å². The number of carbonyl (C=O) groups is 1. The van der Waals surface area contributed by atoms with Crippen molar-refractivity contribution in [1.29, 1.82) is 0 Å². The summed E-state index contributed by atoms with van der Waals surface area (Å²) < 4.78 is 33.0. The molecule has 0 saturated carbocycles. The molecule has 0 aliphatic rings. The van der Waals surface area contributed by atoms with E-state index in [2.05, 4.69) is 33.6 Å². The molecule has 36 heavy (non-hydrogen) atoms. The van der Waals surface area contributed by atoms with E-state index in [0.717, 1.165) is 43.2 Å². The largest absolute Gasteiger partial charge is 0.466 e. The molecule has 6 heteroatoms. The normalized spacial score (nSPS) is 11.5. The van der Waals surface area contributed by atoms with Gasteiger partial charge in [-0.25, -0.2) is 8.42 Å². The highest BCUT2D eigenvalue weighted by atomic mass is 32.2. The average Bonchev–Trinajstić information content (AvgIpc) is 2.88. The van der Waals surface area contributed by atoms with E-state index in [9.17, 15) is 13.2 Å². The van der Waals surface area contributed by atoms with Crippen molar-refractivity contribution in [2.45, 2.75) is 63.7 Å². The standard InChI is InChI=1S/C30H39NO4S/c1-6-11-19-30(23-32,20-12-7-2)24-36(33,34)29-18-15-27(31(8-3)9-4)22-26(29)21-25-13-16-28(17-14-25)35-10-5/h8-10,13-18,22-23H,3-7,11-12,19-21,24H2,1-2H3. The van der Waals surface area contributed by atoms with E-state index >= 15 is 0 Å². The van der Waals surface area contributed by atoms with Crippen LogP contribution in [0.3, 0.4) is 0 Å². The van der Waals surface area contributed by atoms with Crippen LogP contribution in [0.15, 0.2) is 85.8 Å². The molecule has 0 radical (unpaired) electrons. The van der Waals surface area contributed by atoms with E-state index in [1.165, 1.54) is 6.26 Å². The average molecular weight is 510 g/mol. The first-order chi connectivity index (χ1) is 17.3. The molecule has 0 N–H and O–H groups in total. The highest BCUT2D eigenvalue weighted by Crippen LogP contribution is 2.35. The molecule has 5 nitrogen and oxygen atoms in total. The minimum atomic E-state index is -3.75. The zero-order chi connectivity index (χ0) is 26.6. The molecule has 0 aliphatic carbocycles. The lowest BCUT2D eigenvalue weighted by Crippen LogP contribution is -2.32. The first-order valence-corrected chi connectivity index (χ1v) is 14.1. The third-order valence-corrected chi connectivity index (χ3v) is 8.42. The van der Waals surface area contributed by atoms with Crippen LogP contribution in [0.4, 0.5) is 5.69 Å². The third-order valence-electron chi connectivity index (χ3n) is 6.39. The molecule has 0 unspecified atom stereocenters. The van der Waals surface area contributed by atoms with Gasteiger partial charge >= 0.3 is 0 Å². The van der Waals surface area contributed by atoms with Crippen molar-refractivity contribution in [3.8, 4) is 5.75 Å². The second-order valence-electron chi connectivity index (χ2n) is 9.12. The summed E-state index contributed by atoms with van der Waals surface area (Å²) in [7, 11) is -3.75. The van der Waals surface area contributed by atoms with E-state index in [4.69, 9.17) is 4.74 Å². The van der Waals surface area contributed by atoms with Crippen LogP contribution in [-0.4, -0.2) is 20.5 Å². The highest BCUT2D eigenvalue weighted by Gasteiger charge is 2.36. The molecule has 2 aromatic carbocycles. The Kier molecular flexibility index (Phi) is 11.2. The van der Waals surface area contributed by atoms with E-state index in [-0.39, 0.29) is 10.6 Å². The number of rotatable bonds is 17. The summed E-state index contributed by atoms with van der Waals surface area (Å²) in [4.78, 5) is 14.3. The Morgan fingerprint density at radius 3 is 2.06 bits per heavy atom. The van der Waals surface area contributed by atoms with Crippen molar-refractivity contribution in [3.63, 3.8) is 0 Å². The topological polar surface area (TPSA) is 63.7 Å². The summed E-state index contributed by atoms with van der Waals surface area (Å²) in [5, 5.41) is 0. The van der Waals surface area contributed by atoms with Crippen LogP contribution in [0.1, 0.15) is 63.5 Å². The zero-order valence-electron chi connectivity index (χ0n) is 21.6. The molecule has 0 heterocycles. The molecular formula is C30H39NO4S. The molecule has 0 saturated heterocycles. The Balaban J connectivity index is 2.55. The quantitative estimate of drug-likeness (QED) is 0.166. The number of sulfone groups is 1. The van der Waals surface area contributed by atoms with Crippen molar-refractivity contribution >= 4 is 21.8 Å². The van der Waals surface area contributed by atoms with E-state index in [0.29, 0.717) is 30.6 Å². The lowest BCUT2D eigenvalue weighted by Gasteiger charge is -2.28. The highest BCUT2D eigenvalue weighted by molar-refractivity contribution is 7.91. The predicted octanol–water partition coefficient (Wildman–Crippen LogP) is 7.23. The molecule has 0 aromatic heterocycles. The summed E-state index contributed by atoms with van der Waals surface area (Å²) in [6.45, 7) is 15.3. The van der Waals surface area contributed by atoms with Gasteiger partial charge in [0.25, 0.3) is 0 Å². The summed E-state index contributed by atoms with van der Waals surface area (Å²) in [5.74, 6) is 0.469. The van der Waals surface area contributed by atoms with Crippen LogP contribution >= 0.6 is 0 Å². The zero-order valence-corrected chi connectivity index (χ0v) is 22.4. The maximum atomic E-state index is 13.9. The smallest absolute Gasteiger partial charge is 0.179 e. The third kappa shape index (κ3) is 7.69. The lowest BCUT2D eigenvalue weighted by atomic mass is 9.81. The van der Waals surface area contributed by atoms with Crippen molar-refractivity contribution in [2.75, 3.05) is 10.7 Å². The Labute approximate surface area is 217 Å². The van der Waals surface area contributed by atoms with Gasteiger partial charge in [0, 0.05) is 23.5 Å². The molecule has 2 aromatic rings. The second-order valence-corrected chi connectivity index (χ2v) is 11.1. The van der Waals surface area contributed by atoms with Crippen molar-refractivity contribution in [1.82, 2.24) is 0 Å². The summed E-state index contributed by atoms with van der Waals surface area (Å²) in [6, 6.07) is 12.7. The lowest BCUT2D eigenvalue weighted by molar-refractivity contribution is -0.116. The predicted molar refractivity (Wildman–Crippen MR) is 149 cm³/mol. The van der Waals surface area contributed by atoms with Crippen LogP contribution in [0.2, 0.25) is 0 Å². The summed E-state index contributed by atoms with van der Waals surface area (Å²) in [5.41, 5.74) is 1.48. The van der Waals surface area contributed by atoms with Gasteiger partial charge in [0.15, 0.2) is 9.84 Å². The van der Waals surface area contributed by atoms with Crippen LogP contribution < -0.4 is 9.64 Å². The number of unbranched alkanes of at least 4 members (excludes halogenated alkanes) is 2. The van der Waals surface area contributed by atoms with E-state index < -0.39 is 15.3 Å². The molecule has 0 spiro atoms. The summed E-state index contributed by atoms with van der Waals surface area (Å²) in [6.07, 6.45) is 10.5. The molecular weight excluding hydrogens is 470 g/mol. The second kappa shape index (κ2) is 13.8.